The van der Waals surface area contributed by atoms with Gasteiger partial charge in [-0.1, -0.05) is 77.3 Å². The second kappa shape index (κ2) is 9.56. The highest BCUT2D eigenvalue weighted by molar-refractivity contribution is 7.78. The van der Waals surface area contributed by atoms with Crippen molar-refractivity contribution in [1.82, 2.24) is 9.78 Å². The second-order valence-electron chi connectivity index (χ2n) is 7.16. The quantitative estimate of drug-likeness (QED) is 0.386. The van der Waals surface area contributed by atoms with Crippen molar-refractivity contribution in [3.8, 4) is 16.8 Å². The molecule has 0 aliphatic rings. The predicted octanol–water partition coefficient (Wildman–Crippen LogP) is 4.66. The molecule has 0 amide bonds. The van der Waals surface area contributed by atoms with Gasteiger partial charge < -0.3 is 4.55 Å². The molecular formula is C24H17ClFN2O3S-. The normalized spacial score (nSPS) is 12.0. The summed E-state index contributed by atoms with van der Waals surface area (Å²) < 4.78 is 36.7. The zero-order chi connectivity index (χ0) is 22.7. The maximum Gasteiger partial charge on any atom is 0.275 e. The number of halogens is 2. The second-order valence-corrected chi connectivity index (χ2v) is 8.46. The van der Waals surface area contributed by atoms with Crippen LogP contribution in [0, 0.1) is 5.82 Å². The molecule has 3 aromatic carbocycles. The molecule has 1 unspecified atom stereocenters. The molecule has 4 aromatic rings. The van der Waals surface area contributed by atoms with Crippen LogP contribution in [0.4, 0.5) is 4.39 Å². The van der Waals surface area contributed by atoms with Gasteiger partial charge in [-0.25, -0.2) is 4.39 Å². The Labute approximate surface area is 191 Å². The molecule has 0 N–H and O–H groups in total. The summed E-state index contributed by atoms with van der Waals surface area (Å²) in [6, 6.07) is 20.5. The van der Waals surface area contributed by atoms with E-state index in [4.69, 9.17) is 11.6 Å². The molecular weight excluding hydrogens is 451 g/mol. The van der Waals surface area contributed by atoms with Crippen LogP contribution in [0.3, 0.4) is 0 Å². The lowest BCUT2D eigenvalue weighted by molar-refractivity contribution is 0.536. The molecule has 0 bridgehead atoms. The fourth-order valence-corrected chi connectivity index (χ4v) is 4.07. The third kappa shape index (κ3) is 4.85. The molecule has 8 heteroatoms. The van der Waals surface area contributed by atoms with Crippen LogP contribution in [0.15, 0.2) is 83.8 Å². The van der Waals surface area contributed by atoms with Crippen molar-refractivity contribution in [2.75, 3.05) is 0 Å². The van der Waals surface area contributed by atoms with Crippen molar-refractivity contribution in [1.29, 1.82) is 0 Å². The van der Waals surface area contributed by atoms with E-state index in [1.807, 2.05) is 30.3 Å². The Balaban J connectivity index is 1.84. The minimum absolute atomic E-state index is 0.0810. The molecule has 0 spiro atoms. The number of aromatic nitrogens is 2. The number of rotatable bonds is 6. The van der Waals surface area contributed by atoms with Crippen molar-refractivity contribution in [2.45, 2.75) is 12.2 Å². The molecule has 1 atom stereocenters. The minimum atomic E-state index is -2.18. The van der Waals surface area contributed by atoms with Gasteiger partial charge >= 0.3 is 0 Å². The Morgan fingerprint density at radius 2 is 1.72 bits per heavy atom. The average Bonchev–Trinajstić information content (AvgIpc) is 2.78. The molecule has 32 heavy (non-hydrogen) atoms. The molecule has 162 valence electrons. The first-order valence-corrected chi connectivity index (χ1v) is 11.3. The van der Waals surface area contributed by atoms with E-state index in [-0.39, 0.29) is 16.3 Å². The summed E-state index contributed by atoms with van der Waals surface area (Å²) in [5, 5.41) is 4.19. The van der Waals surface area contributed by atoms with Gasteiger partial charge in [0.1, 0.15) is 5.82 Å². The van der Waals surface area contributed by atoms with Gasteiger partial charge in [0.15, 0.2) is 0 Å². The van der Waals surface area contributed by atoms with Crippen LogP contribution in [0.2, 0.25) is 5.02 Å². The summed E-state index contributed by atoms with van der Waals surface area (Å²) >= 11 is 3.72. The van der Waals surface area contributed by atoms with Gasteiger partial charge in [-0.2, -0.15) is 9.78 Å². The Morgan fingerprint density at radius 1 is 1.00 bits per heavy atom. The van der Waals surface area contributed by atoms with E-state index < -0.39 is 16.9 Å². The summed E-state index contributed by atoms with van der Waals surface area (Å²) in [6.07, 6.45) is 1.94. The molecule has 0 aliphatic carbocycles. The third-order valence-electron chi connectivity index (χ3n) is 5.00. The van der Waals surface area contributed by atoms with Crippen LogP contribution in [-0.4, -0.2) is 18.5 Å². The molecule has 0 radical (unpaired) electrons. The first kappa shape index (κ1) is 22.1. The van der Waals surface area contributed by atoms with Crippen LogP contribution < -0.4 is 5.56 Å². The molecule has 1 aromatic heterocycles. The van der Waals surface area contributed by atoms with E-state index in [1.165, 1.54) is 22.9 Å². The highest BCUT2D eigenvalue weighted by atomic mass is 35.5. The standard InChI is InChI=1S/C24H18ClFN2O3S/c25-22-13-19(10-11-23(22)26)28-24(29)20(12-16-4-2-1-3-5-16)21(14-27-28)18-8-6-17(7-9-18)15-32(30)31/h1-11,13-14H,12,15H2,(H,30,31)/p-1. The predicted molar refractivity (Wildman–Crippen MR) is 122 cm³/mol. The molecule has 0 fully saturated rings. The molecule has 0 saturated heterocycles. The van der Waals surface area contributed by atoms with Crippen LogP contribution in [0.1, 0.15) is 16.7 Å². The first-order chi connectivity index (χ1) is 15.4. The number of nitrogens with zero attached hydrogens (tertiary/aromatic N) is 2. The zero-order valence-electron chi connectivity index (χ0n) is 16.7. The molecule has 0 aliphatic heterocycles. The monoisotopic (exact) mass is 467 g/mol. The summed E-state index contributed by atoms with van der Waals surface area (Å²) in [5.41, 5.74) is 3.48. The van der Waals surface area contributed by atoms with E-state index in [0.29, 0.717) is 28.8 Å². The third-order valence-corrected chi connectivity index (χ3v) is 5.86. The molecule has 1 heterocycles. The zero-order valence-corrected chi connectivity index (χ0v) is 18.3. The van der Waals surface area contributed by atoms with Crippen LogP contribution >= 0.6 is 11.6 Å². The number of hydrogen-bond donors (Lipinski definition) is 0. The van der Waals surface area contributed by atoms with Crippen LogP contribution in [0.5, 0.6) is 0 Å². The Hall–Kier alpha value is -3.13. The van der Waals surface area contributed by atoms with Gasteiger partial charge in [-0.05, 0) is 34.9 Å². The van der Waals surface area contributed by atoms with E-state index >= 15 is 0 Å². The van der Waals surface area contributed by atoms with Crippen molar-refractivity contribution < 1.29 is 13.2 Å². The lowest BCUT2D eigenvalue weighted by Gasteiger charge is -2.14. The van der Waals surface area contributed by atoms with Gasteiger partial charge in [0.25, 0.3) is 5.56 Å². The Morgan fingerprint density at radius 3 is 2.38 bits per heavy atom. The van der Waals surface area contributed by atoms with E-state index in [9.17, 15) is 17.9 Å². The summed E-state index contributed by atoms with van der Waals surface area (Å²) in [7, 11) is 0. The van der Waals surface area contributed by atoms with E-state index in [0.717, 1.165) is 11.1 Å². The van der Waals surface area contributed by atoms with Crippen molar-refractivity contribution >= 4 is 22.7 Å². The minimum Gasteiger partial charge on any atom is -0.772 e. The number of hydrogen-bond acceptors (Lipinski definition) is 4. The van der Waals surface area contributed by atoms with Gasteiger partial charge in [0.2, 0.25) is 0 Å². The van der Waals surface area contributed by atoms with Crippen LogP contribution in [0.25, 0.3) is 16.8 Å². The van der Waals surface area contributed by atoms with Gasteiger partial charge in [0.05, 0.1) is 16.9 Å². The van der Waals surface area contributed by atoms with E-state index in [1.54, 1.807) is 30.5 Å². The van der Waals surface area contributed by atoms with Gasteiger partial charge in [-0.3, -0.25) is 9.00 Å². The fraction of sp³-hybridized carbons (Fsp3) is 0.0833. The largest absolute Gasteiger partial charge is 0.772 e. The van der Waals surface area contributed by atoms with Crippen molar-refractivity contribution in [2.24, 2.45) is 0 Å². The highest BCUT2D eigenvalue weighted by Crippen LogP contribution is 2.25. The topological polar surface area (TPSA) is 75.0 Å². The fourth-order valence-electron chi connectivity index (χ4n) is 3.43. The SMILES string of the molecule is O=c1c(Cc2ccccc2)c(-c2ccc(CS(=O)[O-])cc2)cnn1-c1ccc(F)c(Cl)c1. The smallest absolute Gasteiger partial charge is 0.275 e. The van der Waals surface area contributed by atoms with Crippen LogP contribution in [-0.2, 0) is 23.3 Å². The average molecular weight is 468 g/mol. The summed E-state index contributed by atoms with van der Waals surface area (Å²) in [6.45, 7) is 0. The van der Waals surface area contributed by atoms with Gasteiger partial charge in [-0.15, -0.1) is 0 Å². The lowest BCUT2D eigenvalue weighted by Crippen LogP contribution is -2.26. The molecule has 5 nitrogen and oxygen atoms in total. The first-order valence-electron chi connectivity index (χ1n) is 9.68. The summed E-state index contributed by atoms with van der Waals surface area (Å²) in [4.78, 5) is 13.5. The Kier molecular flexibility index (Phi) is 6.60. The maximum atomic E-state index is 13.6. The molecule has 0 saturated carbocycles. The number of benzene rings is 3. The maximum absolute atomic E-state index is 13.6. The Bertz CT molecular complexity index is 1340. The van der Waals surface area contributed by atoms with Gasteiger partial charge in [0, 0.05) is 23.3 Å². The summed E-state index contributed by atoms with van der Waals surface area (Å²) in [5.74, 6) is -0.661. The van der Waals surface area contributed by atoms with Crippen molar-refractivity contribution in [3.05, 3.63) is 117 Å². The van der Waals surface area contributed by atoms with Crippen molar-refractivity contribution in [3.63, 3.8) is 0 Å². The highest BCUT2D eigenvalue weighted by Gasteiger charge is 2.16. The van der Waals surface area contributed by atoms with E-state index in [2.05, 4.69) is 5.10 Å². The lowest BCUT2D eigenvalue weighted by atomic mass is 9.97. The molecule has 4 rings (SSSR count).